The minimum absolute atomic E-state index is 0.0776. The van der Waals surface area contributed by atoms with Crippen molar-refractivity contribution < 1.29 is 14.3 Å². The first kappa shape index (κ1) is 26.2. The summed E-state index contributed by atoms with van der Waals surface area (Å²) in [5.41, 5.74) is 2.81. The van der Waals surface area contributed by atoms with E-state index in [-0.39, 0.29) is 11.9 Å². The molecule has 0 saturated heterocycles. The number of methoxy groups -OCH3 is 2. The number of aromatic nitrogens is 2. The summed E-state index contributed by atoms with van der Waals surface area (Å²) in [6.45, 7) is 2.14. The van der Waals surface area contributed by atoms with Crippen molar-refractivity contribution >= 4 is 29.0 Å². The number of nitrogens with zero attached hydrogens (tertiary/aromatic N) is 4. The van der Waals surface area contributed by atoms with E-state index in [4.69, 9.17) is 19.4 Å². The van der Waals surface area contributed by atoms with Crippen molar-refractivity contribution in [2.24, 2.45) is 5.41 Å². The van der Waals surface area contributed by atoms with Crippen LogP contribution in [-0.2, 0) is 4.74 Å². The molecule has 2 N–H and O–H groups in total. The van der Waals surface area contributed by atoms with Crippen molar-refractivity contribution in [3.63, 3.8) is 0 Å². The molecule has 210 valence electrons. The molecule has 0 unspecified atom stereocenters. The Bertz CT molecular complexity index is 1190. The van der Waals surface area contributed by atoms with Gasteiger partial charge in [-0.1, -0.05) is 12.8 Å². The number of fused-ring (bicyclic) bond motifs is 1. The van der Waals surface area contributed by atoms with Gasteiger partial charge in [0.05, 0.1) is 30.8 Å². The van der Waals surface area contributed by atoms with E-state index >= 15 is 0 Å². The van der Waals surface area contributed by atoms with Crippen molar-refractivity contribution in [2.45, 2.75) is 82.4 Å². The van der Waals surface area contributed by atoms with E-state index < -0.39 is 0 Å². The molecule has 0 bridgehead atoms. The summed E-state index contributed by atoms with van der Waals surface area (Å²) < 4.78 is 11.1. The highest BCUT2D eigenvalue weighted by Gasteiger charge is 2.48. The van der Waals surface area contributed by atoms with Crippen molar-refractivity contribution in [2.75, 3.05) is 49.5 Å². The maximum atomic E-state index is 13.0. The highest BCUT2D eigenvalue weighted by atomic mass is 16.5. The molecule has 0 radical (unpaired) electrons. The third kappa shape index (κ3) is 5.51. The van der Waals surface area contributed by atoms with Crippen LogP contribution in [0, 0.1) is 5.41 Å². The van der Waals surface area contributed by atoms with Crippen LogP contribution in [0.4, 0.5) is 23.1 Å². The molecule has 2 aromatic rings. The van der Waals surface area contributed by atoms with E-state index in [1.54, 1.807) is 20.3 Å². The predicted molar refractivity (Wildman–Crippen MR) is 153 cm³/mol. The predicted octanol–water partition coefficient (Wildman–Crippen LogP) is 4.90. The van der Waals surface area contributed by atoms with Gasteiger partial charge in [-0.2, -0.15) is 4.98 Å². The van der Waals surface area contributed by atoms with E-state index in [0.29, 0.717) is 34.8 Å². The summed E-state index contributed by atoms with van der Waals surface area (Å²) in [7, 11) is 5.55. The minimum atomic E-state index is -0.0776. The van der Waals surface area contributed by atoms with Gasteiger partial charge in [0.2, 0.25) is 5.95 Å². The highest BCUT2D eigenvalue weighted by Crippen LogP contribution is 2.51. The zero-order valence-corrected chi connectivity index (χ0v) is 23.5. The molecule has 1 aromatic heterocycles. The van der Waals surface area contributed by atoms with Gasteiger partial charge < -0.3 is 29.9 Å². The number of carbonyl (C=O) groups is 1. The molecular formula is C30H42N6O3. The van der Waals surface area contributed by atoms with Crippen LogP contribution in [0.2, 0.25) is 0 Å². The average Bonchev–Trinajstić information content (AvgIpc) is 3.52. The molecule has 1 aliphatic heterocycles. The Morgan fingerprint density at radius 2 is 1.82 bits per heavy atom. The third-order valence-corrected chi connectivity index (χ3v) is 9.29. The normalized spacial score (nSPS) is 24.3. The summed E-state index contributed by atoms with van der Waals surface area (Å²) in [6, 6.07) is 6.23. The molecule has 39 heavy (non-hydrogen) atoms. The fourth-order valence-electron chi connectivity index (χ4n) is 6.76. The van der Waals surface area contributed by atoms with E-state index in [1.807, 2.05) is 18.3 Å². The molecule has 6 rings (SSSR count). The lowest BCUT2D eigenvalue weighted by Crippen LogP contribution is -2.39. The van der Waals surface area contributed by atoms with Gasteiger partial charge in [-0.15, -0.1) is 0 Å². The lowest BCUT2D eigenvalue weighted by molar-refractivity contribution is 0.0599. The van der Waals surface area contributed by atoms with Gasteiger partial charge >= 0.3 is 0 Å². The summed E-state index contributed by atoms with van der Waals surface area (Å²) in [6.07, 6.45) is 13.7. The molecule has 9 nitrogen and oxygen atoms in total. The van der Waals surface area contributed by atoms with Crippen LogP contribution in [0.3, 0.4) is 0 Å². The smallest absolute Gasteiger partial charge is 0.251 e. The molecular weight excluding hydrogens is 492 g/mol. The van der Waals surface area contributed by atoms with Crippen molar-refractivity contribution in [3.8, 4) is 5.75 Å². The summed E-state index contributed by atoms with van der Waals surface area (Å²) in [5.74, 6) is 2.09. The van der Waals surface area contributed by atoms with Crippen LogP contribution in [-0.4, -0.2) is 68.4 Å². The van der Waals surface area contributed by atoms with Gasteiger partial charge in [0, 0.05) is 50.3 Å². The first-order valence-electron chi connectivity index (χ1n) is 14.6. The quantitative estimate of drug-likeness (QED) is 0.519. The second-order valence-corrected chi connectivity index (χ2v) is 12.0. The molecule has 2 heterocycles. The van der Waals surface area contributed by atoms with E-state index in [9.17, 15) is 4.79 Å². The summed E-state index contributed by atoms with van der Waals surface area (Å²) in [5, 5.41) is 6.56. The standard InChI is InChI=1S/C30H42N6O3/c1-35-18-30(14-15-30)19-36(22-6-4-5-7-22)27-25(35)17-31-29(34-27)33-24-13-8-20(16-26(24)39-3)28(37)32-21-9-11-23(38-2)12-10-21/h8,13,16-17,21-23H,4-7,9-12,14-15,18-19H2,1-3H3,(H,32,37)(H,31,33,34). The van der Waals surface area contributed by atoms with Crippen molar-refractivity contribution in [3.05, 3.63) is 30.0 Å². The molecule has 3 aliphatic carbocycles. The van der Waals surface area contributed by atoms with Gasteiger partial charge in [0.25, 0.3) is 5.91 Å². The maximum Gasteiger partial charge on any atom is 0.251 e. The van der Waals surface area contributed by atoms with Crippen LogP contribution >= 0.6 is 0 Å². The molecule has 1 spiro atoms. The molecule has 1 amide bonds. The second-order valence-electron chi connectivity index (χ2n) is 12.0. The molecule has 4 aliphatic rings. The Hall–Kier alpha value is -3.07. The Morgan fingerprint density at radius 3 is 2.51 bits per heavy atom. The zero-order valence-electron chi connectivity index (χ0n) is 23.5. The molecule has 3 fully saturated rings. The van der Waals surface area contributed by atoms with Crippen LogP contribution < -0.4 is 25.2 Å². The SMILES string of the molecule is COc1cc(C(=O)NC2CCC(OC)CC2)ccc1Nc1ncc2c(n1)N(C1CCCC1)CC1(CC1)CN2C. The Morgan fingerprint density at radius 1 is 1.05 bits per heavy atom. The molecule has 0 atom stereocenters. The van der Waals surface area contributed by atoms with Gasteiger partial charge in [-0.25, -0.2) is 4.98 Å². The number of rotatable bonds is 7. The number of hydrogen-bond donors (Lipinski definition) is 2. The molecule has 3 saturated carbocycles. The topological polar surface area (TPSA) is 91.8 Å². The zero-order chi connectivity index (χ0) is 27.0. The van der Waals surface area contributed by atoms with Crippen molar-refractivity contribution in [1.29, 1.82) is 0 Å². The van der Waals surface area contributed by atoms with Gasteiger partial charge in [-0.05, 0) is 69.6 Å². The number of anilines is 4. The Balaban J connectivity index is 1.20. The molecule has 1 aromatic carbocycles. The first-order chi connectivity index (χ1) is 19.0. The minimum Gasteiger partial charge on any atom is -0.495 e. The number of amides is 1. The van der Waals surface area contributed by atoms with Crippen molar-refractivity contribution in [1.82, 2.24) is 15.3 Å². The van der Waals surface area contributed by atoms with Crippen LogP contribution in [0.15, 0.2) is 24.4 Å². The first-order valence-corrected chi connectivity index (χ1v) is 14.6. The van der Waals surface area contributed by atoms with Crippen LogP contribution in [0.25, 0.3) is 0 Å². The van der Waals surface area contributed by atoms with Crippen LogP contribution in [0.5, 0.6) is 5.75 Å². The van der Waals surface area contributed by atoms with Crippen LogP contribution in [0.1, 0.15) is 74.6 Å². The summed E-state index contributed by atoms with van der Waals surface area (Å²) >= 11 is 0. The van der Waals surface area contributed by atoms with E-state index in [2.05, 4.69) is 27.5 Å². The van der Waals surface area contributed by atoms with E-state index in [0.717, 1.165) is 56.0 Å². The number of ether oxygens (including phenoxy) is 2. The van der Waals surface area contributed by atoms with Gasteiger partial charge in [0.1, 0.15) is 5.75 Å². The maximum absolute atomic E-state index is 13.0. The second kappa shape index (κ2) is 10.8. The number of carbonyl (C=O) groups excluding carboxylic acids is 1. The fraction of sp³-hybridized carbons (Fsp3) is 0.633. The third-order valence-electron chi connectivity index (χ3n) is 9.29. The largest absolute Gasteiger partial charge is 0.495 e. The number of hydrogen-bond acceptors (Lipinski definition) is 8. The Kier molecular flexibility index (Phi) is 7.27. The van der Waals surface area contributed by atoms with E-state index in [1.165, 1.54) is 38.5 Å². The Labute approximate surface area is 231 Å². The number of nitrogens with one attached hydrogen (secondary N) is 2. The number of benzene rings is 1. The highest BCUT2D eigenvalue weighted by molar-refractivity contribution is 5.95. The lowest BCUT2D eigenvalue weighted by atomic mass is 9.93. The fourth-order valence-corrected chi connectivity index (χ4v) is 6.76. The van der Waals surface area contributed by atoms with Gasteiger partial charge in [-0.3, -0.25) is 4.79 Å². The average molecular weight is 535 g/mol. The molecule has 9 heteroatoms. The summed E-state index contributed by atoms with van der Waals surface area (Å²) in [4.78, 5) is 27.7. The monoisotopic (exact) mass is 534 g/mol. The van der Waals surface area contributed by atoms with Gasteiger partial charge in [0.15, 0.2) is 5.82 Å². The lowest BCUT2D eigenvalue weighted by Gasteiger charge is -2.32.